The van der Waals surface area contributed by atoms with E-state index in [2.05, 4.69) is 43.5 Å². The van der Waals surface area contributed by atoms with E-state index in [1.54, 1.807) is 0 Å². The van der Waals surface area contributed by atoms with E-state index in [4.69, 9.17) is 4.74 Å². The Bertz CT molecular complexity index is 1220. The lowest BCUT2D eigenvalue weighted by Gasteiger charge is -2.22. The van der Waals surface area contributed by atoms with Gasteiger partial charge < -0.3 is 20.3 Å². The van der Waals surface area contributed by atoms with E-state index in [-0.39, 0.29) is 18.5 Å². The molecule has 0 aliphatic carbocycles. The zero-order valence-electron chi connectivity index (χ0n) is 52.9. The van der Waals surface area contributed by atoms with Crippen molar-refractivity contribution in [1.82, 2.24) is 5.32 Å². The summed E-state index contributed by atoms with van der Waals surface area (Å²) in [7, 11) is 0. The predicted molar refractivity (Wildman–Crippen MR) is 343 cm³/mol. The maximum Gasteiger partial charge on any atom is 0.305 e. The van der Waals surface area contributed by atoms with Gasteiger partial charge in [-0.3, -0.25) is 9.59 Å². The molecule has 0 fully saturated rings. The van der Waals surface area contributed by atoms with Crippen LogP contribution in [0.4, 0.5) is 0 Å². The molecule has 2 unspecified atom stereocenters. The number of rotatable bonds is 67. The number of nitrogens with one attached hydrogen (secondary N) is 1. The molecule has 0 saturated carbocycles. The summed E-state index contributed by atoms with van der Waals surface area (Å²) >= 11 is 0. The fraction of sp³-hybridized carbons (Fsp3) is 0.917. The van der Waals surface area contributed by atoms with Gasteiger partial charge in [0.25, 0.3) is 0 Å². The fourth-order valence-electron chi connectivity index (χ4n) is 11.3. The van der Waals surface area contributed by atoms with Crippen molar-refractivity contribution in [2.24, 2.45) is 0 Å². The monoisotopic (exact) mass is 1100 g/mol. The molecule has 0 aliphatic heterocycles. The highest BCUT2D eigenvalue weighted by molar-refractivity contribution is 5.76. The van der Waals surface area contributed by atoms with Gasteiger partial charge in [-0.2, -0.15) is 0 Å². The number of carbonyl (C=O) groups is 2. The second-order valence-electron chi connectivity index (χ2n) is 24.6. The second-order valence-corrected chi connectivity index (χ2v) is 24.6. The van der Waals surface area contributed by atoms with Crippen molar-refractivity contribution in [3.05, 3.63) is 24.3 Å². The van der Waals surface area contributed by atoms with Crippen LogP contribution in [0.3, 0.4) is 0 Å². The van der Waals surface area contributed by atoms with Crippen LogP contribution < -0.4 is 5.32 Å². The van der Waals surface area contributed by atoms with Gasteiger partial charge in [-0.15, -0.1) is 0 Å². The van der Waals surface area contributed by atoms with Crippen LogP contribution in [0, 0.1) is 0 Å². The van der Waals surface area contributed by atoms with Crippen molar-refractivity contribution in [1.29, 1.82) is 0 Å². The van der Waals surface area contributed by atoms with Crippen LogP contribution in [0.2, 0.25) is 0 Å². The molecular weight excluding hydrogens is 959 g/mol. The third-order valence-electron chi connectivity index (χ3n) is 16.8. The van der Waals surface area contributed by atoms with Crippen LogP contribution in [0.1, 0.15) is 399 Å². The largest absolute Gasteiger partial charge is 0.466 e. The number of unbranched alkanes of at least 4 members (excludes halogenated alkanes) is 52. The van der Waals surface area contributed by atoms with E-state index in [1.807, 2.05) is 0 Å². The lowest BCUT2D eigenvalue weighted by Crippen LogP contribution is -2.45. The maximum absolute atomic E-state index is 12.5. The van der Waals surface area contributed by atoms with Crippen LogP contribution in [-0.2, 0) is 14.3 Å². The number of allylic oxidation sites excluding steroid dienone is 4. The Morgan fingerprint density at radius 3 is 1.00 bits per heavy atom. The molecule has 0 heterocycles. The van der Waals surface area contributed by atoms with E-state index < -0.39 is 12.1 Å². The van der Waals surface area contributed by atoms with Crippen molar-refractivity contribution in [2.75, 3.05) is 13.2 Å². The molecule has 0 aromatic heterocycles. The number of aliphatic hydroxyl groups is 2. The smallest absolute Gasteiger partial charge is 0.305 e. The first-order chi connectivity index (χ1) is 38.5. The number of amides is 1. The van der Waals surface area contributed by atoms with E-state index in [0.29, 0.717) is 25.9 Å². The number of ether oxygens (including phenoxy) is 1. The van der Waals surface area contributed by atoms with Gasteiger partial charge in [0.15, 0.2) is 0 Å². The van der Waals surface area contributed by atoms with Gasteiger partial charge in [-0.1, -0.05) is 353 Å². The molecule has 0 aromatic rings. The quantitative estimate of drug-likeness (QED) is 0.0320. The summed E-state index contributed by atoms with van der Waals surface area (Å²) in [4.78, 5) is 24.6. The lowest BCUT2D eigenvalue weighted by molar-refractivity contribution is -0.143. The molecule has 0 radical (unpaired) electrons. The first-order valence-corrected chi connectivity index (χ1v) is 35.6. The summed E-state index contributed by atoms with van der Waals surface area (Å²) in [5, 5.41) is 23.4. The Hall–Kier alpha value is -1.66. The van der Waals surface area contributed by atoms with Gasteiger partial charge in [-0.05, 0) is 57.8 Å². The van der Waals surface area contributed by atoms with Crippen molar-refractivity contribution >= 4 is 11.9 Å². The molecule has 78 heavy (non-hydrogen) atoms. The summed E-state index contributed by atoms with van der Waals surface area (Å²) < 4.78 is 5.51. The summed E-state index contributed by atoms with van der Waals surface area (Å²) in [5.74, 6) is -0.0151. The number of hydrogen-bond donors (Lipinski definition) is 3. The minimum atomic E-state index is -0.663. The zero-order valence-corrected chi connectivity index (χ0v) is 52.9. The summed E-state index contributed by atoms with van der Waals surface area (Å²) in [6, 6.07) is -0.540. The van der Waals surface area contributed by atoms with Crippen molar-refractivity contribution in [2.45, 2.75) is 411 Å². The van der Waals surface area contributed by atoms with E-state index in [9.17, 15) is 19.8 Å². The minimum Gasteiger partial charge on any atom is -0.466 e. The van der Waals surface area contributed by atoms with Gasteiger partial charge in [0.1, 0.15) is 0 Å². The van der Waals surface area contributed by atoms with Gasteiger partial charge >= 0.3 is 5.97 Å². The molecule has 0 aromatic carbocycles. The van der Waals surface area contributed by atoms with Gasteiger partial charge in [0.05, 0.1) is 25.4 Å². The average Bonchev–Trinajstić information content (AvgIpc) is 3.44. The normalized spacial score (nSPS) is 12.6. The van der Waals surface area contributed by atoms with Gasteiger partial charge in [-0.25, -0.2) is 0 Å². The number of hydrogen-bond acceptors (Lipinski definition) is 5. The number of esters is 1. The zero-order chi connectivity index (χ0) is 56.4. The molecule has 1 amide bonds. The molecular formula is C72H139NO5. The standard InChI is InChI=1S/C72H139NO5/c1-3-5-7-9-11-13-15-17-19-21-30-34-38-42-46-50-54-58-62-66-72(77)78-67-63-59-55-51-47-43-39-35-32-29-27-25-23-22-24-26-28-31-33-37-41-45-49-53-57-61-65-71(76)73-69(68-74)70(75)64-60-56-52-48-44-40-36-20-18-16-14-12-10-8-6-4-2/h11,13,17,19,69-70,74-75H,3-10,12,14-16,18,20-68H2,1-2H3,(H,73,76)/b13-11-,19-17-. The molecule has 2 atom stereocenters. The highest BCUT2D eigenvalue weighted by Crippen LogP contribution is 2.19. The SMILES string of the molecule is CCCCC/C=C\C/C=C\CCCCCCCCCCCC(=O)OCCCCCCCCCCCCCCCCCCCCCCCCCCCCC(=O)NC(CO)C(O)CCCCCCCCCCCCCCCCCC. The lowest BCUT2D eigenvalue weighted by atomic mass is 10.0. The molecule has 0 spiro atoms. The Labute approximate surface area is 488 Å². The van der Waals surface area contributed by atoms with E-state index in [1.165, 1.54) is 315 Å². The summed E-state index contributed by atoms with van der Waals surface area (Å²) in [6.45, 7) is 4.96. The van der Waals surface area contributed by atoms with Crippen LogP contribution in [-0.4, -0.2) is 47.4 Å². The van der Waals surface area contributed by atoms with Gasteiger partial charge in [0.2, 0.25) is 5.91 Å². The molecule has 0 rings (SSSR count). The average molecular weight is 1100 g/mol. The first kappa shape index (κ1) is 76.3. The third-order valence-corrected chi connectivity index (χ3v) is 16.8. The van der Waals surface area contributed by atoms with Crippen molar-refractivity contribution < 1.29 is 24.5 Å². The molecule has 0 saturated heterocycles. The molecule has 0 aliphatic rings. The minimum absolute atomic E-state index is 0.0143. The van der Waals surface area contributed by atoms with Crippen LogP contribution in [0.25, 0.3) is 0 Å². The molecule has 0 bridgehead atoms. The first-order valence-electron chi connectivity index (χ1n) is 35.6. The maximum atomic E-state index is 12.5. The second kappa shape index (κ2) is 67.8. The highest BCUT2D eigenvalue weighted by atomic mass is 16.5. The molecule has 6 heteroatoms. The molecule has 6 nitrogen and oxygen atoms in total. The van der Waals surface area contributed by atoms with Crippen LogP contribution >= 0.6 is 0 Å². The van der Waals surface area contributed by atoms with Crippen molar-refractivity contribution in [3.8, 4) is 0 Å². The summed E-state index contributed by atoms with van der Waals surface area (Å²) in [6.07, 6.45) is 85.1. The molecule has 3 N–H and O–H groups in total. The summed E-state index contributed by atoms with van der Waals surface area (Å²) in [5.41, 5.74) is 0. The van der Waals surface area contributed by atoms with Gasteiger partial charge in [0, 0.05) is 12.8 Å². The Morgan fingerprint density at radius 2 is 0.641 bits per heavy atom. The predicted octanol–water partition coefficient (Wildman–Crippen LogP) is 22.9. The highest BCUT2D eigenvalue weighted by Gasteiger charge is 2.20. The third kappa shape index (κ3) is 63.5. The van der Waals surface area contributed by atoms with E-state index >= 15 is 0 Å². The topological polar surface area (TPSA) is 95.9 Å². The fourth-order valence-corrected chi connectivity index (χ4v) is 11.3. The van der Waals surface area contributed by atoms with Crippen LogP contribution in [0.5, 0.6) is 0 Å². The number of carbonyl (C=O) groups excluding carboxylic acids is 2. The van der Waals surface area contributed by atoms with Crippen LogP contribution in [0.15, 0.2) is 24.3 Å². The van der Waals surface area contributed by atoms with Crippen molar-refractivity contribution in [3.63, 3.8) is 0 Å². The molecule has 462 valence electrons. The number of aliphatic hydroxyl groups excluding tert-OH is 2. The Morgan fingerprint density at radius 1 is 0.359 bits per heavy atom. The Balaban J connectivity index is 3.34. The van der Waals surface area contributed by atoms with E-state index in [0.717, 1.165) is 51.4 Å². The Kier molecular flexibility index (Phi) is 66.4.